The summed E-state index contributed by atoms with van der Waals surface area (Å²) in [5.74, 6) is 2.66. The molecule has 0 saturated carbocycles. The first-order valence-electron chi connectivity index (χ1n) is 10.8. The van der Waals surface area contributed by atoms with Crippen molar-refractivity contribution >= 4 is 11.7 Å². The van der Waals surface area contributed by atoms with Crippen LogP contribution >= 0.6 is 0 Å². The van der Waals surface area contributed by atoms with E-state index in [4.69, 9.17) is 4.74 Å². The molecule has 0 aliphatic carbocycles. The lowest BCUT2D eigenvalue weighted by molar-refractivity contribution is 0.0246. The van der Waals surface area contributed by atoms with Gasteiger partial charge in [-0.1, -0.05) is 24.3 Å². The van der Waals surface area contributed by atoms with Gasteiger partial charge in [-0.15, -0.1) is 0 Å². The van der Waals surface area contributed by atoms with Gasteiger partial charge in [0.05, 0.1) is 0 Å². The number of pyridine rings is 1. The maximum atomic E-state index is 12.8. The fourth-order valence-electron chi connectivity index (χ4n) is 4.18. The van der Waals surface area contributed by atoms with Crippen molar-refractivity contribution in [3.05, 3.63) is 84.6 Å². The first kappa shape index (κ1) is 19.6. The Hall–Kier alpha value is -3.38. The highest BCUT2D eigenvalue weighted by Crippen LogP contribution is 2.24. The first-order chi connectivity index (χ1) is 15.3. The van der Waals surface area contributed by atoms with E-state index in [1.54, 1.807) is 0 Å². The second-order valence-electron chi connectivity index (χ2n) is 8.01. The molecule has 2 aliphatic heterocycles. The Morgan fingerprint density at radius 2 is 1.48 bits per heavy atom. The Morgan fingerprint density at radius 1 is 0.806 bits per heavy atom. The van der Waals surface area contributed by atoms with Crippen LogP contribution in [0, 0.1) is 0 Å². The molecule has 2 aliphatic rings. The molecule has 0 bridgehead atoms. The van der Waals surface area contributed by atoms with Crippen molar-refractivity contribution < 1.29 is 9.53 Å². The molecule has 3 heterocycles. The third-order valence-electron chi connectivity index (χ3n) is 6.03. The maximum Gasteiger partial charge on any atom is 0.253 e. The van der Waals surface area contributed by atoms with Gasteiger partial charge in [0.2, 0.25) is 0 Å². The number of nitrogens with zero attached hydrogens (tertiary/aromatic N) is 4. The number of carbonyl (C=O) groups excluding carboxylic acids is 1. The first-order valence-corrected chi connectivity index (χ1v) is 10.8. The minimum atomic E-state index is 0.0923. The molecule has 2 aromatic carbocycles. The smallest absolute Gasteiger partial charge is 0.253 e. The molecule has 0 unspecified atom stereocenters. The summed E-state index contributed by atoms with van der Waals surface area (Å²) in [5.41, 5.74) is 0.707. The number of ether oxygens (including phenoxy) is 1. The van der Waals surface area contributed by atoms with Crippen LogP contribution in [-0.4, -0.2) is 66.0 Å². The van der Waals surface area contributed by atoms with Crippen molar-refractivity contribution in [3.8, 4) is 11.5 Å². The molecule has 1 amide bonds. The van der Waals surface area contributed by atoms with Gasteiger partial charge in [-0.2, -0.15) is 0 Å². The van der Waals surface area contributed by atoms with Crippen molar-refractivity contribution in [2.24, 2.45) is 0 Å². The molecule has 2 saturated heterocycles. The van der Waals surface area contributed by atoms with Crippen molar-refractivity contribution in [2.45, 2.75) is 6.04 Å². The molecule has 3 aromatic rings. The lowest BCUT2D eigenvalue weighted by Crippen LogP contribution is -2.64. The zero-order chi connectivity index (χ0) is 21.0. The van der Waals surface area contributed by atoms with Gasteiger partial charge in [-0.05, 0) is 48.5 Å². The molecule has 0 spiro atoms. The van der Waals surface area contributed by atoms with Crippen LogP contribution in [0.3, 0.4) is 0 Å². The number of hydrogen-bond acceptors (Lipinski definition) is 5. The molecule has 1 aromatic heterocycles. The number of benzene rings is 2. The lowest BCUT2D eigenvalue weighted by Gasteiger charge is -2.48. The summed E-state index contributed by atoms with van der Waals surface area (Å²) in [7, 11) is 0. The van der Waals surface area contributed by atoms with Crippen LogP contribution in [0.2, 0.25) is 0 Å². The molecule has 5 rings (SSSR count). The average Bonchev–Trinajstić information content (AvgIpc) is 2.80. The second-order valence-corrected chi connectivity index (χ2v) is 8.01. The largest absolute Gasteiger partial charge is 0.457 e. The fourth-order valence-corrected chi connectivity index (χ4v) is 4.18. The summed E-state index contributed by atoms with van der Waals surface area (Å²) in [6, 6.07) is 23.6. The van der Waals surface area contributed by atoms with Gasteiger partial charge < -0.3 is 14.5 Å². The standard InChI is InChI=1S/C25H26N4O2/c30-25(20-9-11-23(12-10-20)31-22-6-2-1-3-7-22)29-18-21(19-29)27-14-16-28(17-15-27)24-8-4-5-13-26-24/h1-13,21H,14-19H2. The Bertz CT molecular complexity index is 997. The molecule has 2 fully saturated rings. The number of piperazine rings is 1. The van der Waals surface area contributed by atoms with Crippen molar-refractivity contribution in [1.29, 1.82) is 0 Å². The SMILES string of the molecule is O=C(c1ccc(Oc2ccccc2)cc1)N1CC(N2CCN(c3ccccn3)CC2)C1. The highest BCUT2D eigenvalue weighted by atomic mass is 16.5. The van der Waals surface area contributed by atoms with E-state index >= 15 is 0 Å². The summed E-state index contributed by atoms with van der Waals surface area (Å²) in [6.45, 7) is 5.56. The van der Waals surface area contributed by atoms with Gasteiger partial charge >= 0.3 is 0 Å². The van der Waals surface area contributed by atoms with E-state index in [0.29, 0.717) is 11.6 Å². The Balaban J connectivity index is 1.10. The van der Waals surface area contributed by atoms with Crippen molar-refractivity contribution in [1.82, 2.24) is 14.8 Å². The molecule has 0 atom stereocenters. The number of anilines is 1. The van der Waals surface area contributed by atoms with Crippen LogP contribution in [0.15, 0.2) is 79.0 Å². The molecule has 158 valence electrons. The quantitative estimate of drug-likeness (QED) is 0.639. The van der Waals surface area contributed by atoms with E-state index < -0.39 is 0 Å². The van der Waals surface area contributed by atoms with E-state index in [-0.39, 0.29) is 5.91 Å². The number of para-hydroxylation sites is 1. The van der Waals surface area contributed by atoms with Crippen LogP contribution < -0.4 is 9.64 Å². The monoisotopic (exact) mass is 414 g/mol. The number of aromatic nitrogens is 1. The van der Waals surface area contributed by atoms with Crippen molar-refractivity contribution in [2.75, 3.05) is 44.2 Å². The van der Waals surface area contributed by atoms with Gasteiger partial charge in [-0.25, -0.2) is 4.98 Å². The number of hydrogen-bond donors (Lipinski definition) is 0. The van der Waals surface area contributed by atoms with Crippen LogP contribution in [0.1, 0.15) is 10.4 Å². The summed E-state index contributed by atoms with van der Waals surface area (Å²) >= 11 is 0. The van der Waals surface area contributed by atoms with E-state index in [1.807, 2.05) is 77.8 Å². The molecule has 6 heteroatoms. The van der Waals surface area contributed by atoms with Gasteiger partial charge in [-0.3, -0.25) is 9.69 Å². The Morgan fingerprint density at radius 3 is 2.16 bits per heavy atom. The molecular formula is C25H26N4O2. The lowest BCUT2D eigenvalue weighted by atomic mass is 10.0. The highest BCUT2D eigenvalue weighted by molar-refractivity contribution is 5.95. The van der Waals surface area contributed by atoms with Crippen LogP contribution in [0.25, 0.3) is 0 Å². The summed E-state index contributed by atoms with van der Waals surface area (Å²) in [4.78, 5) is 24.0. The number of likely N-dealkylation sites (tertiary alicyclic amines) is 1. The number of rotatable bonds is 5. The Labute approximate surface area is 182 Å². The zero-order valence-electron chi connectivity index (χ0n) is 17.4. The molecule has 31 heavy (non-hydrogen) atoms. The minimum absolute atomic E-state index is 0.0923. The number of amides is 1. The third kappa shape index (κ3) is 4.39. The van der Waals surface area contributed by atoms with Crippen LogP contribution in [-0.2, 0) is 0 Å². The number of carbonyl (C=O) groups is 1. The molecule has 6 nitrogen and oxygen atoms in total. The van der Waals surface area contributed by atoms with E-state index in [9.17, 15) is 4.79 Å². The van der Waals surface area contributed by atoms with E-state index in [2.05, 4.69) is 20.9 Å². The highest BCUT2D eigenvalue weighted by Gasteiger charge is 2.36. The van der Waals surface area contributed by atoms with Gasteiger partial charge in [0.15, 0.2) is 0 Å². The van der Waals surface area contributed by atoms with Crippen LogP contribution in [0.4, 0.5) is 5.82 Å². The summed E-state index contributed by atoms with van der Waals surface area (Å²) < 4.78 is 5.81. The van der Waals surface area contributed by atoms with Crippen LogP contribution in [0.5, 0.6) is 11.5 Å². The average molecular weight is 415 g/mol. The maximum absolute atomic E-state index is 12.8. The normalized spacial score (nSPS) is 17.3. The zero-order valence-corrected chi connectivity index (χ0v) is 17.4. The van der Waals surface area contributed by atoms with Gasteiger partial charge in [0.25, 0.3) is 5.91 Å². The predicted molar refractivity (Wildman–Crippen MR) is 121 cm³/mol. The van der Waals surface area contributed by atoms with Gasteiger partial charge in [0, 0.05) is 57.1 Å². The molecular weight excluding hydrogens is 388 g/mol. The summed E-state index contributed by atoms with van der Waals surface area (Å²) in [5, 5.41) is 0. The molecule has 0 radical (unpaired) electrons. The topological polar surface area (TPSA) is 48.9 Å². The van der Waals surface area contributed by atoms with E-state index in [1.165, 1.54) is 0 Å². The van der Waals surface area contributed by atoms with Gasteiger partial charge in [0.1, 0.15) is 17.3 Å². The fraction of sp³-hybridized carbons (Fsp3) is 0.280. The third-order valence-corrected chi connectivity index (χ3v) is 6.03. The minimum Gasteiger partial charge on any atom is -0.457 e. The second kappa shape index (κ2) is 8.78. The molecule has 0 N–H and O–H groups in total. The Kier molecular flexibility index (Phi) is 5.54. The predicted octanol–water partition coefficient (Wildman–Crippen LogP) is 3.52. The van der Waals surface area contributed by atoms with E-state index in [0.717, 1.165) is 56.6 Å². The van der Waals surface area contributed by atoms with Crippen molar-refractivity contribution in [3.63, 3.8) is 0 Å². The summed E-state index contributed by atoms with van der Waals surface area (Å²) in [6.07, 6.45) is 1.84.